The van der Waals surface area contributed by atoms with E-state index in [1.165, 1.54) is 0 Å². The third-order valence-electron chi connectivity index (χ3n) is 1.77. The molecule has 1 heterocycles. The molecule has 0 aliphatic rings. The second-order valence-corrected chi connectivity index (χ2v) is 2.80. The monoisotopic (exact) mass is 160 g/mol. The van der Waals surface area contributed by atoms with Gasteiger partial charge >= 0.3 is 0 Å². The van der Waals surface area contributed by atoms with Gasteiger partial charge in [-0.15, -0.1) is 0 Å². The molecule has 0 N–H and O–H groups in total. The van der Waals surface area contributed by atoms with E-state index in [0.29, 0.717) is 5.56 Å². The average molecular weight is 160 g/mol. The highest BCUT2D eigenvalue weighted by Crippen LogP contribution is 2.06. The Kier molecular flexibility index (Phi) is 2.82. The van der Waals surface area contributed by atoms with Gasteiger partial charge in [0.05, 0.1) is 11.3 Å². The summed E-state index contributed by atoms with van der Waals surface area (Å²) in [4.78, 5) is 4.31. The highest BCUT2D eigenvalue weighted by atomic mass is 14.7. The van der Waals surface area contributed by atoms with Crippen LogP contribution in [0, 0.1) is 18.3 Å². The zero-order valence-electron chi connectivity index (χ0n) is 7.46. The molecule has 0 fully saturated rings. The van der Waals surface area contributed by atoms with Gasteiger partial charge in [-0.05, 0) is 25.5 Å². The molecule has 2 heteroatoms. The molecule has 0 spiro atoms. The van der Waals surface area contributed by atoms with E-state index < -0.39 is 0 Å². The number of hydrogen-bond donors (Lipinski definition) is 0. The fourth-order valence-corrected chi connectivity index (χ4v) is 1.13. The predicted octanol–water partition coefficient (Wildman–Crippen LogP) is 2.21. The summed E-state index contributed by atoms with van der Waals surface area (Å²) in [7, 11) is 0. The van der Waals surface area contributed by atoms with Crippen LogP contribution in [0.3, 0.4) is 0 Å². The Morgan fingerprint density at radius 1 is 1.50 bits per heavy atom. The molecule has 0 amide bonds. The van der Waals surface area contributed by atoms with Gasteiger partial charge in [-0.3, -0.25) is 4.98 Å². The summed E-state index contributed by atoms with van der Waals surface area (Å²) >= 11 is 0. The summed E-state index contributed by atoms with van der Waals surface area (Å²) in [6.45, 7) is 3.99. The van der Waals surface area contributed by atoms with Crippen LogP contribution in [0.5, 0.6) is 0 Å². The van der Waals surface area contributed by atoms with Gasteiger partial charge in [0.1, 0.15) is 6.07 Å². The van der Waals surface area contributed by atoms with E-state index in [-0.39, 0.29) is 0 Å². The molecule has 0 saturated heterocycles. The first-order valence-electron chi connectivity index (χ1n) is 4.14. The molecule has 1 aromatic rings. The third kappa shape index (κ3) is 1.82. The van der Waals surface area contributed by atoms with Crippen LogP contribution < -0.4 is 0 Å². The summed E-state index contributed by atoms with van der Waals surface area (Å²) in [6.07, 6.45) is 2.09. The molecule has 0 aliphatic carbocycles. The minimum atomic E-state index is 0.676. The molecule has 62 valence electrons. The van der Waals surface area contributed by atoms with Gasteiger partial charge in [-0.1, -0.05) is 13.3 Å². The smallest absolute Gasteiger partial charge is 0.101 e. The lowest BCUT2D eigenvalue weighted by Gasteiger charge is -2.00. The second-order valence-electron chi connectivity index (χ2n) is 2.80. The SMILES string of the molecule is CCCc1ccc(C#N)c(C)n1. The second kappa shape index (κ2) is 3.87. The third-order valence-corrected chi connectivity index (χ3v) is 1.77. The summed E-state index contributed by atoms with van der Waals surface area (Å²) < 4.78 is 0. The van der Waals surface area contributed by atoms with Gasteiger partial charge in [0.15, 0.2) is 0 Å². The van der Waals surface area contributed by atoms with Crippen LogP contribution in [0.15, 0.2) is 12.1 Å². The summed E-state index contributed by atoms with van der Waals surface area (Å²) in [6, 6.07) is 5.87. The van der Waals surface area contributed by atoms with Crippen molar-refractivity contribution in [1.82, 2.24) is 4.98 Å². The maximum absolute atomic E-state index is 8.65. The van der Waals surface area contributed by atoms with Crippen molar-refractivity contribution in [3.8, 4) is 6.07 Å². The Morgan fingerprint density at radius 3 is 2.75 bits per heavy atom. The molecule has 2 nitrogen and oxygen atoms in total. The molecule has 0 radical (unpaired) electrons. The summed E-state index contributed by atoms with van der Waals surface area (Å²) in [5.74, 6) is 0. The molecule has 0 bridgehead atoms. The van der Waals surface area contributed by atoms with Crippen LogP contribution in [0.2, 0.25) is 0 Å². The zero-order valence-corrected chi connectivity index (χ0v) is 7.46. The van der Waals surface area contributed by atoms with Crippen LogP contribution in [0.4, 0.5) is 0 Å². The molecular weight excluding hydrogens is 148 g/mol. The minimum absolute atomic E-state index is 0.676. The van der Waals surface area contributed by atoms with Crippen molar-refractivity contribution in [3.63, 3.8) is 0 Å². The van der Waals surface area contributed by atoms with Gasteiger partial charge in [0.2, 0.25) is 0 Å². The Hall–Kier alpha value is -1.36. The van der Waals surface area contributed by atoms with E-state index in [1.54, 1.807) is 0 Å². The first-order valence-corrected chi connectivity index (χ1v) is 4.14. The van der Waals surface area contributed by atoms with Gasteiger partial charge in [0, 0.05) is 5.69 Å². The van der Waals surface area contributed by atoms with Gasteiger partial charge < -0.3 is 0 Å². The van der Waals surface area contributed by atoms with Crippen molar-refractivity contribution < 1.29 is 0 Å². The summed E-state index contributed by atoms with van der Waals surface area (Å²) in [5, 5.41) is 8.65. The number of rotatable bonds is 2. The Morgan fingerprint density at radius 2 is 2.25 bits per heavy atom. The van der Waals surface area contributed by atoms with E-state index >= 15 is 0 Å². The normalized spacial score (nSPS) is 9.42. The molecule has 0 atom stereocenters. The lowest BCUT2D eigenvalue weighted by Crippen LogP contribution is -1.93. The van der Waals surface area contributed by atoms with Crippen molar-refractivity contribution in [2.24, 2.45) is 0 Å². The standard InChI is InChI=1S/C10H12N2/c1-3-4-10-6-5-9(7-11)8(2)12-10/h5-6H,3-4H2,1-2H3. The van der Waals surface area contributed by atoms with Crippen molar-refractivity contribution in [1.29, 1.82) is 5.26 Å². The molecule has 1 rings (SSSR count). The van der Waals surface area contributed by atoms with Gasteiger partial charge in [-0.2, -0.15) is 5.26 Å². The number of nitriles is 1. The predicted molar refractivity (Wildman–Crippen MR) is 47.7 cm³/mol. The number of hydrogen-bond acceptors (Lipinski definition) is 2. The Bertz CT molecular complexity index is 310. The van der Waals surface area contributed by atoms with E-state index in [9.17, 15) is 0 Å². The Labute approximate surface area is 72.9 Å². The lowest BCUT2D eigenvalue weighted by atomic mass is 10.1. The number of pyridine rings is 1. The van der Waals surface area contributed by atoms with Crippen LogP contribution in [-0.4, -0.2) is 4.98 Å². The van der Waals surface area contributed by atoms with Crippen molar-refractivity contribution >= 4 is 0 Å². The van der Waals surface area contributed by atoms with Crippen molar-refractivity contribution in [2.45, 2.75) is 26.7 Å². The van der Waals surface area contributed by atoms with Crippen LogP contribution in [0.25, 0.3) is 0 Å². The van der Waals surface area contributed by atoms with Crippen LogP contribution in [-0.2, 0) is 6.42 Å². The summed E-state index contributed by atoms with van der Waals surface area (Å²) in [5.41, 5.74) is 2.59. The zero-order chi connectivity index (χ0) is 8.97. The molecule has 0 aromatic carbocycles. The minimum Gasteiger partial charge on any atom is -0.257 e. The highest BCUT2D eigenvalue weighted by molar-refractivity contribution is 5.33. The molecule has 0 saturated carbocycles. The molecule has 0 unspecified atom stereocenters. The van der Waals surface area contributed by atoms with Crippen LogP contribution >= 0.6 is 0 Å². The molecule has 1 aromatic heterocycles. The van der Waals surface area contributed by atoms with Gasteiger partial charge in [0.25, 0.3) is 0 Å². The fraction of sp³-hybridized carbons (Fsp3) is 0.400. The van der Waals surface area contributed by atoms with E-state index in [0.717, 1.165) is 24.2 Å². The van der Waals surface area contributed by atoms with Gasteiger partial charge in [-0.25, -0.2) is 0 Å². The Balaban J connectivity index is 2.96. The first kappa shape index (κ1) is 8.73. The topological polar surface area (TPSA) is 36.7 Å². The van der Waals surface area contributed by atoms with E-state index in [2.05, 4.69) is 18.0 Å². The number of aromatic nitrogens is 1. The van der Waals surface area contributed by atoms with E-state index in [4.69, 9.17) is 5.26 Å². The fourth-order valence-electron chi connectivity index (χ4n) is 1.13. The molecule has 0 aliphatic heterocycles. The molecular formula is C10H12N2. The quantitative estimate of drug-likeness (QED) is 0.665. The number of aryl methyl sites for hydroxylation is 2. The molecule has 12 heavy (non-hydrogen) atoms. The first-order chi connectivity index (χ1) is 5.77. The maximum atomic E-state index is 8.65. The van der Waals surface area contributed by atoms with Crippen molar-refractivity contribution in [2.75, 3.05) is 0 Å². The lowest BCUT2D eigenvalue weighted by molar-refractivity contribution is 0.873. The number of nitrogens with zero attached hydrogens (tertiary/aromatic N) is 2. The van der Waals surface area contributed by atoms with E-state index in [1.807, 2.05) is 19.1 Å². The van der Waals surface area contributed by atoms with Crippen LogP contribution in [0.1, 0.15) is 30.3 Å². The maximum Gasteiger partial charge on any atom is 0.101 e. The highest BCUT2D eigenvalue weighted by Gasteiger charge is 1.99. The average Bonchev–Trinajstić information content (AvgIpc) is 2.05. The largest absolute Gasteiger partial charge is 0.257 e. The van der Waals surface area contributed by atoms with Crippen molar-refractivity contribution in [3.05, 3.63) is 29.1 Å².